The normalized spacial score (nSPS) is 10.8. The van der Waals surface area contributed by atoms with Crippen molar-refractivity contribution >= 4 is 35.0 Å². The van der Waals surface area contributed by atoms with Gasteiger partial charge in [0.25, 0.3) is 0 Å². The molecule has 0 aliphatic heterocycles. The third-order valence-corrected chi connectivity index (χ3v) is 5.80. The van der Waals surface area contributed by atoms with Crippen LogP contribution in [0, 0.1) is 5.41 Å². The molecule has 0 aliphatic carbocycles. The number of anilines is 3. The Morgan fingerprint density at radius 3 is 2.69 bits per heavy atom. The smallest absolute Gasteiger partial charge is 0.305 e. The molecule has 0 atom stereocenters. The van der Waals surface area contributed by atoms with Crippen LogP contribution in [-0.2, 0) is 9.53 Å². The van der Waals surface area contributed by atoms with Crippen molar-refractivity contribution < 1.29 is 14.3 Å². The molecule has 0 fully saturated rings. The molecule has 4 N–H and O–H groups in total. The van der Waals surface area contributed by atoms with Crippen molar-refractivity contribution in [1.82, 2.24) is 14.4 Å². The highest BCUT2D eigenvalue weighted by Gasteiger charge is 2.11. The van der Waals surface area contributed by atoms with Gasteiger partial charge in [-0.3, -0.25) is 4.79 Å². The van der Waals surface area contributed by atoms with Gasteiger partial charge in [0, 0.05) is 53.7 Å². The third-order valence-electron chi connectivity index (χ3n) is 5.80. The summed E-state index contributed by atoms with van der Waals surface area (Å²) in [6, 6.07) is 13.3. The predicted octanol–water partition coefficient (Wildman–Crippen LogP) is 5.22. The molecular formula is C27H30N6O3. The van der Waals surface area contributed by atoms with E-state index < -0.39 is 0 Å². The summed E-state index contributed by atoms with van der Waals surface area (Å²) in [5.74, 6) is 1.26. The van der Waals surface area contributed by atoms with E-state index in [2.05, 4.69) is 15.0 Å². The van der Waals surface area contributed by atoms with Crippen LogP contribution in [0.15, 0.2) is 61.1 Å². The maximum atomic E-state index is 11.1. The zero-order valence-corrected chi connectivity index (χ0v) is 20.2. The molecule has 4 aromatic rings. The second-order valence-electron chi connectivity index (χ2n) is 8.36. The molecule has 4 rings (SSSR count). The number of nitrogen functional groups attached to an aromatic ring is 1. The van der Waals surface area contributed by atoms with E-state index >= 15 is 0 Å². The zero-order chi connectivity index (χ0) is 25.3. The Morgan fingerprint density at radius 2 is 1.94 bits per heavy atom. The van der Waals surface area contributed by atoms with Crippen molar-refractivity contribution in [3.63, 3.8) is 0 Å². The van der Waals surface area contributed by atoms with Gasteiger partial charge in [0.05, 0.1) is 19.4 Å². The van der Waals surface area contributed by atoms with Gasteiger partial charge in [-0.15, -0.1) is 0 Å². The lowest BCUT2D eigenvalue weighted by molar-refractivity contribution is -0.140. The molecule has 0 spiro atoms. The molecule has 0 saturated carbocycles. The fourth-order valence-corrected chi connectivity index (χ4v) is 3.81. The Labute approximate surface area is 209 Å². The summed E-state index contributed by atoms with van der Waals surface area (Å²) >= 11 is 0. The van der Waals surface area contributed by atoms with Gasteiger partial charge in [-0.05, 0) is 43.2 Å². The fourth-order valence-electron chi connectivity index (χ4n) is 3.81. The van der Waals surface area contributed by atoms with E-state index in [9.17, 15) is 4.79 Å². The van der Waals surface area contributed by atoms with E-state index in [1.54, 1.807) is 6.20 Å². The van der Waals surface area contributed by atoms with Gasteiger partial charge in [0.2, 0.25) is 0 Å². The van der Waals surface area contributed by atoms with Gasteiger partial charge in [-0.1, -0.05) is 25.0 Å². The first-order valence-corrected chi connectivity index (χ1v) is 11.9. The third kappa shape index (κ3) is 6.18. The highest BCUT2D eigenvalue weighted by molar-refractivity contribution is 5.87. The van der Waals surface area contributed by atoms with Gasteiger partial charge in [0.1, 0.15) is 5.75 Å². The number of aromatic nitrogens is 3. The van der Waals surface area contributed by atoms with Crippen LogP contribution in [0.4, 0.5) is 17.2 Å². The fraction of sp³-hybridized carbons (Fsp3) is 0.259. The predicted molar refractivity (Wildman–Crippen MR) is 141 cm³/mol. The number of hydrogen-bond donors (Lipinski definition) is 3. The maximum absolute atomic E-state index is 11.1. The largest absolute Gasteiger partial charge is 0.494 e. The minimum atomic E-state index is -0.155. The highest BCUT2D eigenvalue weighted by Crippen LogP contribution is 2.27. The summed E-state index contributed by atoms with van der Waals surface area (Å²) in [7, 11) is 1.42. The average Bonchev–Trinajstić information content (AvgIpc) is 3.38. The number of hydrogen-bond acceptors (Lipinski definition) is 8. The standard InChI is InChI=1S/C27H30N6O3/c1-35-25(34)6-4-2-3-5-15-36-22-11-9-21(10-12-22)31-26-27-30-13-14-33(27)18-24(32-26)19-7-8-20(17-28)23(29)16-19/h7-14,16-18,28H,2-6,15,29H2,1H3,(H,31,32). The van der Waals surface area contributed by atoms with Crippen LogP contribution < -0.4 is 15.8 Å². The van der Waals surface area contributed by atoms with Crippen LogP contribution >= 0.6 is 0 Å². The van der Waals surface area contributed by atoms with Crippen molar-refractivity contribution in [2.45, 2.75) is 32.1 Å². The second-order valence-corrected chi connectivity index (χ2v) is 8.36. The molecule has 9 heteroatoms. The second kappa shape index (κ2) is 11.8. The molecule has 0 radical (unpaired) electrons. The number of fused-ring (bicyclic) bond motifs is 1. The van der Waals surface area contributed by atoms with E-state index in [0.29, 0.717) is 35.7 Å². The topological polar surface area (TPSA) is 128 Å². The Kier molecular flexibility index (Phi) is 8.12. The average molecular weight is 487 g/mol. The first kappa shape index (κ1) is 24.7. The number of rotatable bonds is 12. The quantitative estimate of drug-likeness (QED) is 0.108. The highest BCUT2D eigenvalue weighted by atomic mass is 16.5. The van der Waals surface area contributed by atoms with Gasteiger partial charge < -0.3 is 30.3 Å². The summed E-state index contributed by atoms with van der Waals surface area (Å²) in [5, 5.41) is 10.8. The van der Waals surface area contributed by atoms with Crippen LogP contribution in [0.1, 0.15) is 37.7 Å². The number of nitrogens with zero attached hydrogens (tertiary/aromatic N) is 3. The van der Waals surface area contributed by atoms with Crippen LogP contribution in [-0.4, -0.2) is 40.3 Å². The number of carbonyl (C=O) groups excluding carboxylic acids is 1. The summed E-state index contributed by atoms with van der Waals surface area (Å²) in [6.45, 7) is 0.628. The molecule has 36 heavy (non-hydrogen) atoms. The molecule has 2 aromatic heterocycles. The van der Waals surface area contributed by atoms with E-state index in [-0.39, 0.29) is 5.97 Å². The molecule has 0 bridgehead atoms. The SMILES string of the molecule is COC(=O)CCCCCCOc1ccc(Nc2nc(-c3ccc(C=N)c(N)c3)cn3ccnc23)cc1. The van der Waals surface area contributed by atoms with Crippen molar-refractivity contribution in [3.8, 4) is 17.0 Å². The number of carbonyl (C=O) groups is 1. The number of benzene rings is 2. The van der Waals surface area contributed by atoms with Gasteiger partial charge in [-0.2, -0.15) is 0 Å². The number of esters is 1. The van der Waals surface area contributed by atoms with Gasteiger partial charge in [0.15, 0.2) is 11.5 Å². The first-order chi connectivity index (χ1) is 17.6. The minimum Gasteiger partial charge on any atom is -0.494 e. The number of imidazole rings is 1. The molecular weight excluding hydrogens is 456 g/mol. The Morgan fingerprint density at radius 1 is 1.14 bits per heavy atom. The molecule has 0 amide bonds. The Bertz CT molecular complexity index is 1330. The van der Waals surface area contributed by atoms with E-state index in [4.69, 9.17) is 20.9 Å². The lowest BCUT2D eigenvalue weighted by Gasteiger charge is -2.12. The number of methoxy groups -OCH3 is 1. The molecule has 2 heterocycles. The number of unbranched alkanes of at least 4 members (excludes halogenated alkanes) is 3. The number of nitrogens with one attached hydrogen (secondary N) is 2. The maximum Gasteiger partial charge on any atom is 0.305 e. The van der Waals surface area contributed by atoms with Gasteiger partial charge in [-0.25, -0.2) is 9.97 Å². The Balaban J connectivity index is 1.38. The molecule has 0 aliphatic rings. The van der Waals surface area contributed by atoms with Crippen LogP contribution in [0.2, 0.25) is 0 Å². The summed E-state index contributed by atoms with van der Waals surface area (Å²) in [4.78, 5) is 20.3. The van der Waals surface area contributed by atoms with Crippen molar-refractivity contribution in [1.29, 1.82) is 5.41 Å². The lowest BCUT2D eigenvalue weighted by Crippen LogP contribution is -2.02. The molecule has 186 valence electrons. The van der Waals surface area contributed by atoms with Crippen LogP contribution in [0.3, 0.4) is 0 Å². The van der Waals surface area contributed by atoms with E-state index in [1.807, 2.05) is 59.3 Å². The molecule has 9 nitrogen and oxygen atoms in total. The van der Waals surface area contributed by atoms with Gasteiger partial charge >= 0.3 is 5.97 Å². The van der Waals surface area contributed by atoms with Crippen molar-refractivity contribution in [2.75, 3.05) is 24.8 Å². The first-order valence-electron chi connectivity index (χ1n) is 11.9. The zero-order valence-electron chi connectivity index (χ0n) is 20.2. The molecule has 2 aromatic carbocycles. The van der Waals surface area contributed by atoms with E-state index in [1.165, 1.54) is 13.3 Å². The van der Waals surface area contributed by atoms with E-state index in [0.717, 1.165) is 48.4 Å². The Hall–Kier alpha value is -4.40. The van der Waals surface area contributed by atoms with Crippen LogP contribution in [0.25, 0.3) is 16.9 Å². The number of ether oxygens (including phenoxy) is 2. The molecule has 0 unspecified atom stereocenters. The summed E-state index contributed by atoms with van der Waals surface area (Å²) in [6.07, 6.45) is 11.0. The molecule has 0 saturated heterocycles. The summed E-state index contributed by atoms with van der Waals surface area (Å²) in [5.41, 5.74) is 10.4. The van der Waals surface area contributed by atoms with Crippen molar-refractivity contribution in [3.05, 3.63) is 66.6 Å². The summed E-state index contributed by atoms with van der Waals surface area (Å²) < 4.78 is 12.4. The monoisotopic (exact) mass is 486 g/mol. The number of nitrogens with two attached hydrogens (primary N) is 1. The minimum absolute atomic E-state index is 0.155. The lowest BCUT2D eigenvalue weighted by atomic mass is 10.1. The van der Waals surface area contributed by atoms with Crippen LogP contribution in [0.5, 0.6) is 5.75 Å². The van der Waals surface area contributed by atoms with Crippen molar-refractivity contribution in [2.24, 2.45) is 0 Å².